The molecule has 0 unspecified atom stereocenters. The van der Waals surface area contributed by atoms with Crippen molar-refractivity contribution in [3.63, 3.8) is 0 Å². The summed E-state index contributed by atoms with van der Waals surface area (Å²) in [5.41, 5.74) is -0.896. The van der Waals surface area contributed by atoms with Gasteiger partial charge >= 0.3 is 11.9 Å². The highest BCUT2D eigenvalue weighted by Crippen LogP contribution is 2.39. The molecule has 2 aliphatic rings. The van der Waals surface area contributed by atoms with E-state index in [2.05, 4.69) is 14.9 Å². The van der Waals surface area contributed by atoms with E-state index in [-0.39, 0.29) is 39.7 Å². The van der Waals surface area contributed by atoms with Gasteiger partial charge in [0.1, 0.15) is 23.9 Å². The smallest absolute Gasteiger partial charge is 0.433 e. The van der Waals surface area contributed by atoms with E-state index in [4.69, 9.17) is 32.7 Å². The molecular weight excluding hydrogens is 496 g/mol. The summed E-state index contributed by atoms with van der Waals surface area (Å²) < 4.78 is 51.5. The lowest BCUT2D eigenvalue weighted by atomic mass is 10.2. The van der Waals surface area contributed by atoms with Gasteiger partial charge in [0.25, 0.3) is 0 Å². The van der Waals surface area contributed by atoms with E-state index in [0.29, 0.717) is 18.2 Å². The Morgan fingerprint density at radius 2 is 1.91 bits per heavy atom. The standard InChI is InChI=1S/C22H17Cl2F3N4O3/c23-15-6-12(7-16(24)20(15)34-14-3-4-28-17(8-14)22(25,26)27)11-33-18-9-19-30-5-1-2-13(30)10-31(19)21(32)29-18/h3-4,6-9,13H,1-2,5,10-11H2/t13-/m1/s1. The Balaban J connectivity index is 1.32. The second-order valence-corrected chi connectivity index (χ2v) is 8.80. The molecule has 0 bridgehead atoms. The van der Waals surface area contributed by atoms with Crippen molar-refractivity contribution in [3.05, 3.63) is 68.3 Å². The molecule has 3 aromatic rings. The normalized spacial score (nSPS) is 17.0. The Hall–Kier alpha value is -2.98. The molecule has 12 heteroatoms. The van der Waals surface area contributed by atoms with Crippen LogP contribution in [0.5, 0.6) is 17.4 Å². The van der Waals surface area contributed by atoms with Crippen LogP contribution in [-0.4, -0.2) is 27.1 Å². The van der Waals surface area contributed by atoms with Crippen LogP contribution in [0.1, 0.15) is 24.1 Å². The fourth-order valence-corrected chi connectivity index (χ4v) is 4.80. The predicted octanol–water partition coefficient (Wildman–Crippen LogP) is 5.32. The van der Waals surface area contributed by atoms with Crippen LogP contribution in [-0.2, 0) is 19.3 Å². The van der Waals surface area contributed by atoms with Crippen molar-refractivity contribution in [2.45, 2.75) is 38.2 Å². The molecule has 2 aliphatic heterocycles. The van der Waals surface area contributed by atoms with Crippen molar-refractivity contribution in [2.75, 3.05) is 11.4 Å². The lowest BCUT2D eigenvalue weighted by Crippen LogP contribution is -2.24. The van der Waals surface area contributed by atoms with Crippen LogP contribution in [0.2, 0.25) is 10.0 Å². The molecule has 1 aromatic carbocycles. The van der Waals surface area contributed by atoms with Crippen LogP contribution in [0, 0.1) is 0 Å². The monoisotopic (exact) mass is 512 g/mol. The molecular formula is C22H17Cl2F3N4O3. The molecule has 1 fully saturated rings. The molecule has 2 aromatic heterocycles. The zero-order valence-corrected chi connectivity index (χ0v) is 19.0. The highest BCUT2D eigenvalue weighted by atomic mass is 35.5. The number of nitrogens with zero attached hydrogens (tertiary/aromatic N) is 4. The molecule has 0 saturated carbocycles. The summed E-state index contributed by atoms with van der Waals surface area (Å²) in [4.78, 5) is 21.9. The minimum atomic E-state index is -4.61. The molecule has 178 valence electrons. The Kier molecular flexibility index (Phi) is 5.81. The Morgan fingerprint density at radius 3 is 2.65 bits per heavy atom. The number of halogens is 5. The number of hydrogen-bond acceptors (Lipinski definition) is 6. The summed E-state index contributed by atoms with van der Waals surface area (Å²) >= 11 is 12.6. The van der Waals surface area contributed by atoms with Crippen LogP contribution in [0.15, 0.2) is 41.3 Å². The lowest BCUT2D eigenvalue weighted by Gasteiger charge is -2.17. The summed E-state index contributed by atoms with van der Waals surface area (Å²) in [6.45, 7) is 1.55. The topological polar surface area (TPSA) is 69.5 Å². The largest absolute Gasteiger partial charge is 0.473 e. The number of pyridine rings is 1. The van der Waals surface area contributed by atoms with E-state index in [1.54, 1.807) is 10.6 Å². The second-order valence-electron chi connectivity index (χ2n) is 7.99. The summed E-state index contributed by atoms with van der Waals surface area (Å²) in [7, 11) is 0. The first-order chi connectivity index (χ1) is 16.2. The lowest BCUT2D eigenvalue weighted by molar-refractivity contribution is -0.141. The van der Waals surface area contributed by atoms with Gasteiger partial charge in [-0.15, -0.1) is 0 Å². The maximum atomic E-state index is 12.9. The van der Waals surface area contributed by atoms with E-state index in [1.807, 2.05) is 0 Å². The van der Waals surface area contributed by atoms with Crippen LogP contribution < -0.4 is 20.1 Å². The highest BCUT2D eigenvalue weighted by Gasteiger charge is 2.34. The van der Waals surface area contributed by atoms with Crippen molar-refractivity contribution in [1.82, 2.24) is 14.5 Å². The van der Waals surface area contributed by atoms with E-state index < -0.39 is 11.9 Å². The van der Waals surface area contributed by atoms with Gasteiger partial charge < -0.3 is 14.4 Å². The van der Waals surface area contributed by atoms with Crippen molar-refractivity contribution < 1.29 is 22.6 Å². The summed E-state index contributed by atoms with van der Waals surface area (Å²) in [5.74, 6) is 0.874. The molecule has 4 heterocycles. The third-order valence-electron chi connectivity index (χ3n) is 5.72. The van der Waals surface area contributed by atoms with Crippen LogP contribution in [0.25, 0.3) is 0 Å². The third kappa shape index (κ3) is 4.39. The SMILES string of the molecule is O=c1nc(OCc2cc(Cl)c(Oc3ccnc(C(F)(F)F)c3)c(Cl)c2)cc2n1C[C@H]1CCCN21. The molecule has 7 nitrogen and oxygen atoms in total. The van der Waals surface area contributed by atoms with E-state index in [1.165, 1.54) is 18.2 Å². The molecule has 0 spiro atoms. The second kappa shape index (κ2) is 8.66. The van der Waals surface area contributed by atoms with Crippen LogP contribution in [0.3, 0.4) is 0 Å². The van der Waals surface area contributed by atoms with E-state index in [9.17, 15) is 18.0 Å². The molecule has 0 N–H and O–H groups in total. The van der Waals surface area contributed by atoms with Gasteiger partial charge in [0.2, 0.25) is 5.88 Å². The Bertz CT molecular complexity index is 1290. The number of anilines is 1. The van der Waals surface area contributed by atoms with Crippen LogP contribution >= 0.6 is 23.2 Å². The van der Waals surface area contributed by atoms with Crippen molar-refractivity contribution >= 4 is 29.0 Å². The fourth-order valence-electron chi connectivity index (χ4n) is 4.19. The Morgan fingerprint density at radius 1 is 1.15 bits per heavy atom. The van der Waals surface area contributed by atoms with Gasteiger partial charge in [-0.05, 0) is 36.6 Å². The first-order valence-corrected chi connectivity index (χ1v) is 11.1. The highest BCUT2D eigenvalue weighted by molar-refractivity contribution is 6.37. The number of fused-ring (bicyclic) bond motifs is 3. The molecule has 1 atom stereocenters. The van der Waals surface area contributed by atoms with Crippen molar-refractivity contribution in [3.8, 4) is 17.4 Å². The summed E-state index contributed by atoms with van der Waals surface area (Å²) in [5, 5.41) is 0.164. The van der Waals surface area contributed by atoms with Gasteiger partial charge in [0.05, 0.1) is 10.0 Å². The van der Waals surface area contributed by atoms with Gasteiger partial charge in [-0.3, -0.25) is 9.55 Å². The van der Waals surface area contributed by atoms with Gasteiger partial charge in [0, 0.05) is 37.5 Å². The van der Waals surface area contributed by atoms with Crippen LogP contribution in [0.4, 0.5) is 19.0 Å². The van der Waals surface area contributed by atoms with E-state index in [0.717, 1.165) is 37.5 Å². The fraction of sp³-hybridized carbons (Fsp3) is 0.318. The number of alkyl halides is 3. The minimum absolute atomic E-state index is 0.000355. The maximum absolute atomic E-state index is 12.9. The van der Waals surface area contributed by atoms with Crippen molar-refractivity contribution in [2.24, 2.45) is 0 Å². The molecule has 5 rings (SSSR count). The number of aromatic nitrogens is 3. The predicted molar refractivity (Wildman–Crippen MR) is 119 cm³/mol. The van der Waals surface area contributed by atoms with E-state index >= 15 is 0 Å². The Labute approximate surface area is 201 Å². The van der Waals surface area contributed by atoms with Gasteiger partial charge in [-0.1, -0.05) is 23.2 Å². The summed E-state index contributed by atoms with van der Waals surface area (Å²) in [6.07, 6.45) is -1.50. The average Bonchev–Trinajstić information content (AvgIpc) is 3.37. The third-order valence-corrected chi connectivity index (χ3v) is 6.28. The molecule has 0 aliphatic carbocycles. The maximum Gasteiger partial charge on any atom is 0.433 e. The number of hydrogen-bond donors (Lipinski definition) is 0. The van der Waals surface area contributed by atoms with Gasteiger partial charge in [-0.25, -0.2) is 4.79 Å². The van der Waals surface area contributed by atoms with Crippen molar-refractivity contribution in [1.29, 1.82) is 0 Å². The molecule has 34 heavy (non-hydrogen) atoms. The number of rotatable bonds is 5. The minimum Gasteiger partial charge on any atom is -0.473 e. The molecule has 0 radical (unpaired) electrons. The zero-order valence-electron chi connectivity index (χ0n) is 17.5. The number of benzene rings is 1. The number of ether oxygens (including phenoxy) is 2. The molecule has 1 saturated heterocycles. The van der Waals surface area contributed by atoms with Gasteiger partial charge in [0.15, 0.2) is 5.75 Å². The summed E-state index contributed by atoms with van der Waals surface area (Å²) in [6, 6.07) is 7.13. The first-order valence-electron chi connectivity index (χ1n) is 10.4. The molecule has 0 amide bonds. The first kappa shape index (κ1) is 22.8. The zero-order chi connectivity index (χ0) is 24.0. The average molecular weight is 513 g/mol. The van der Waals surface area contributed by atoms with Gasteiger partial charge in [-0.2, -0.15) is 18.2 Å². The quantitative estimate of drug-likeness (QED) is 0.460.